The van der Waals surface area contributed by atoms with Gasteiger partial charge < -0.3 is 15.2 Å². The second-order valence-electron chi connectivity index (χ2n) is 4.38. The highest BCUT2D eigenvalue weighted by Crippen LogP contribution is 1.98. The highest BCUT2D eigenvalue weighted by molar-refractivity contribution is 5.71. The lowest BCUT2D eigenvalue weighted by atomic mass is 10.2. The quantitative estimate of drug-likeness (QED) is 0.475. The molecular formula is C17H29NO4. The van der Waals surface area contributed by atoms with E-state index in [2.05, 4.69) is 23.3 Å². The van der Waals surface area contributed by atoms with Gasteiger partial charge in [0.1, 0.15) is 6.61 Å². The van der Waals surface area contributed by atoms with Gasteiger partial charge in [-0.3, -0.25) is 9.59 Å². The number of carbonyl (C=O) groups excluding carboxylic acids is 2. The van der Waals surface area contributed by atoms with Crippen LogP contribution in [0.3, 0.4) is 0 Å². The summed E-state index contributed by atoms with van der Waals surface area (Å²) in [5.41, 5.74) is 5.99. The topological polar surface area (TPSA) is 78.6 Å². The Morgan fingerprint density at radius 3 is 2.23 bits per heavy atom. The summed E-state index contributed by atoms with van der Waals surface area (Å²) in [6.07, 6.45) is 3.21. The maximum Gasteiger partial charge on any atom is 0.319 e. The van der Waals surface area contributed by atoms with Crippen molar-refractivity contribution in [3.05, 3.63) is 35.9 Å². The Hall–Kier alpha value is -1.88. The van der Waals surface area contributed by atoms with E-state index in [9.17, 15) is 9.59 Å². The van der Waals surface area contributed by atoms with E-state index in [0.29, 0.717) is 19.7 Å². The SMILES string of the molecule is CCC.CCCCOC(=O)CN.O=COCc1ccccc1. The van der Waals surface area contributed by atoms with Gasteiger partial charge >= 0.3 is 5.97 Å². The van der Waals surface area contributed by atoms with Gasteiger partial charge in [-0.15, -0.1) is 0 Å². The number of benzene rings is 1. The van der Waals surface area contributed by atoms with Crippen LogP contribution in [0.15, 0.2) is 30.3 Å². The largest absolute Gasteiger partial charge is 0.465 e. The average molecular weight is 311 g/mol. The third-order valence-electron chi connectivity index (χ3n) is 2.09. The van der Waals surface area contributed by atoms with Crippen LogP contribution in [0.1, 0.15) is 45.6 Å². The maximum atomic E-state index is 10.3. The van der Waals surface area contributed by atoms with Crippen LogP contribution in [0.5, 0.6) is 0 Å². The minimum atomic E-state index is -0.316. The van der Waals surface area contributed by atoms with Gasteiger partial charge in [-0.1, -0.05) is 63.9 Å². The summed E-state index contributed by atoms with van der Waals surface area (Å²) in [6, 6.07) is 9.55. The number of unbranched alkanes of at least 4 members (excludes halogenated alkanes) is 1. The molecule has 0 aliphatic heterocycles. The molecular weight excluding hydrogens is 282 g/mol. The van der Waals surface area contributed by atoms with Crippen LogP contribution >= 0.6 is 0 Å². The van der Waals surface area contributed by atoms with Gasteiger partial charge in [0.25, 0.3) is 6.47 Å². The van der Waals surface area contributed by atoms with E-state index in [1.807, 2.05) is 37.3 Å². The van der Waals surface area contributed by atoms with Gasteiger partial charge in [-0.2, -0.15) is 0 Å². The molecule has 5 heteroatoms. The average Bonchev–Trinajstić information content (AvgIpc) is 2.55. The highest BCUT2D eigenvalue weighted by Gasteiger charge is 1.94. The lowest BCUT2D eigenvalue weighted by Crippen LogP contribution is -2.17. The third kappa shape index (κ3) is 18.1. The summed E-state index contributed by atoms with van der Waals surface area (Å²) >= 11 is 0. The predicted octanol–water partition coefficient (Wildman–Crippen LogP) is 3.06. The number of esters is 1. The molecule has 0 unspecified atom stereocenters. The number of hydrogen-bond acceptors (Lipinski definition) is 5. The van der Waals surface area contributed by atoms with Gasteiger partial charge in [0.05, 0.1) is 13.2 Å². The Bertz CT molecular complexity index is 355. The molecule has 5 nitrogen and oxygen atoms in total. The van der Waals surface area contributed by atoms with Crippen molar-refractivity contribution in [1.82, 2.24) is 0 Å². The van der Waals surface area contributed by atoms with E-state index in [-0.39, 0.29) is 12.5 Å². The molecule has 0 aliphatic carbocycles. The van der Waals surface area contributed by atoms with Crippen LogP contribution in [-0.4, -0.2) is 25.6 Å². The minimum absolute atomic E-state index is 0.0102. The molecule has 0 fully saturated rings. The first-order valence-corrected chi connectivity index (χ1v) is 7.60. The zero-order valence-corrected chi connectivity index (χ0v) is 13.9. The van der Waals surface area contributed by atoms with Crippen LogP contribution in [0.4, 0.5) is 0 Å². The summed E-state index contributed by atoms with van der Waals surface area (Å²) in [7, 11) is 0. The first-order valence-electron chi connectivity index (χ1n) is 7.60. The molecule has 0 amide bonds. The smallest absolute Gasteiger partial charge is 0.319 e. The van der Waals surface area contributed by atoms with Crippen molar-refractivity contribution >= 4 is 12.4 Å². The Morgan fingerprint density at radius 2 is 1.77 bits per heavy atom. The van der Waals surface area contributed by atoms with Gasteiger partial charge in [-0.25, -0.2) is 0 Å². The molecule has 126 valence electrons. The second-order valence-corrected chi connectivity index (χ2v) is 4.38. The van der Waals surface area contributed by atoms with Gasteiger partial charge in [0, 0.05) is 0 Å². The maximum absolute atomic E-state index is 10.3. The van der Waals surface area contributed by atoms with Crippen molar-refractivity contribution in [2.45, 2.75) is 46.6 Å². The molecule has 1 aromatic carbocycles. The molecule has 1 rings (SSSR count). The van der Waals surface area contributed by atoms with Gasteiger partial charge in [0.2, 0.25) is 0 Å². The van der Waals surface area contributed by atoms with Crippen LogP contribution in [0.25, 0.3) is 0 Å². The summed E-state index contributed by atoms with van der Waals surface area (Å²) in [5.74, 6) is -0.316. The lowest BCUT2D eigenvalue weighted by molar-refractivity contribution is -0.142. The van der Waals surface area contributed by atoms with E-state index in [4.69, 9.17) is 5.73 Å². The number of hydrogen-bond donors (Lipinski definition) is 1. The molecule has 0 radical (unpaired) electrons. The Balaban J connectivity index is 0. The molecule has 0 spiro atoms. The first kappa shape index (κ1) is 22.4. The zero-order chi connectivity index (χ0) is 17.1. The lowest BCUT2D eigenvalue weighted by Gasteiger charge is -1.99. The molecule has 2 N–H and O–H groups in total. The van der Waals surface area contributed by atoms with Gasteiger partial charge in [-0.05, 0) is 12.0 Å². The van der Waals surface area contributed by atoms with Crippen molar-refractivity contribution in [1.29, 1.82) is 0 Å². The molecule has 22 heavy (non-hydrogen) atoms. The van der Waals surface area contributed by atoms with E-state index in [1.165, 1.54) is 6.42 Å². The number of rotatable bonds is 7. The number of carbonyl (C=O) groups is 2. The fourth-order valence-corrected chi connectivity index (χ4v) is 1.09. The summed E-state index contributed by atoms with van der Waals surface area (Å²) in [4.78, 5) is 20.1. The number of nitrogens with two attached hydrogens (primary N) is 1. The molecule has 0 aromatic heterocycles. The van der Waals surface area contributed by atoms with Gasteiger partial charge in [0.15, 0.2) is 0 Å². The first-order chi connectivity index (χ1) is 10.7. The minimum Gasteiger partial charge on any atom is -0.465 e. The van der Waals surface area contributed by atoms with E-state index >= 15 is 0 Å². The highest BCUT2D eigenvalue weighted by atomic mass is 16.5. The fraction of sp³-hybridized carbons (Fsp3) is 0.529. The van der Waals surface area contributed by atoms with E-state index in [1.54, 1.807) is 0 Å². The van der Waals surface area contributed by atoms with Crippen molar-refractivity contribution in [2.24, 2.45) is 5.73 Å². The summed E-state index contributed by atoms with van der Waals surface area (Å²) < 4.78 is 9.21. The fourth-order valence-electron chi connectivity index (χ4n) is 1.09. The third-order valence-corrected chi connectivity index (χ3v) is 2.09. The van der Waals surface area contributed by atoms with Crippen molar-refractivity contribution in [3.63, 3.8) is 0 Å². The summed E-state index contributed by atoms with van der Waals surface area (Å²) in [6.45, 7) is 7.60. The Kier molecular flexibility index (Phi) is 19.5. The second kappa shape index (κ2) is 19.1. The molecule has 1 aromatic rings. The Labute approximate surface area is 133 Å². The van der Waals surface area contributed by atoms with Crippen LogP contribution in [0.2, 0.25) is 0 Å². The normalized spacial score (nSPS) is 8.55. The predicted molar refractivity (Wildman–Crippen MR) is 88.2 cm³/mol. The molecule has 0 saturated carbocycles. The number of ether oxygens (including phenoxy) is 2. The Morgan fingerprint density at radius 1 is 1.18 bits per heavy atom. The van der Waals surface area contributed by atoms with Crippen LogP contribution in [-0.2, 0) is 25.7 Å². The van der Waals surface area contributed by atoms with E-state index < -0.39 is 0 Å². The van der Waals surface area contributed by atoms with E-state index in [0.717, 1.165) is 18.4 Å². The van der Waals surface area contributed by atoms with Crippen LogP contribution in [0, 0.1) is 0 Å². The molecule has 0 aliphatic rings. The van der Waals surface area contributed by atoms with Crippen molar-refractivity contribution < 1.29 is 19.1 Å². The molecule has 0 atom stereocenters. The standard InChI is InChI=1S/C8H8O2.C6H13NO2.C3H8/c9-7-10-6-8-4-2-1-3-5-8;1-2-3-4-9-6(8)5-7;1-3-2/h1-5,7H,6H2;2-5,7H2,1H3;3H2,1-2H3. The monoisotopic (exact) mass is 311 g/mol. The molecule has 0 heterocycles. The summed E-state index contributed by atoms with van der Waals surface area (Å²) in [5, 5.41) is 0. The molecule has 0 bridgehead atoms. The van der Waals surface area contributed by atoms with Crippen molar-refractivity contribution in [3.8, 4) is 0 Å². The molecule has 0 saturated heterocycles. The van der Waals surface area contributed by atoms with Crippen molar-refractivity contribution in [2.75, 3.05) is 13.2 Å². The van der Waals surface area contributed by atoms with Crippen LogP contribution < -0.4 is 5.73 Å². The zero-order valence-electron chi connectivity index (χ0n) is 13.9.